The van der Waals surface area contributed by atoms with Crippen molar-refractivity contribution in [2.45, 2.75) is 45.1 Å². The fraction of sp³-hybridized carbons (Fsp3) is 0.875. The van der Waals surface area contributed by atoms with Gasteiger partial charge in [-0.2, -0.15) is 0 Å². The molecule has 2 heterocycles. The highest BCUT2D eigenvalue weighted by molar-refractivity contribution is 7.91. The Morgan fingerprint density at radius 3 is 2.17 bits per heavy atom. The quantitative estimate of drug-likeness (QED) is 0.753. The first kappa shape index (κ1) is 16.7. The SMILES string of the molecule is CCN(C(=O)C1CCN(C(=O)C2CC2)CC1)C1CCS(=O)(=O)C1. The molecule has 0 aromatic carbocycles. The van der Waals surface area contributed by atoms with Crippen molar-refractivity contribution >= 4 is 21.7 Å². The number of sulfone groups is 1. The van der Waals surface area contributed by atoms with Gasteiger partial charge in [0.25, 0.3) is 0 Å². The van der Waals surface area contributed by atoms with Gasteiger partial charge in [0, 0.05) is 37.5 Å². The molecule has 1 aliphatic carbocycles. The average molecular weight is 342 g/mol. The van der Waals surface area contributed by atoms with E-state index in [0.29, 0.717) is 38.9 Å². The number of nitrogens with zero attached hydrogens (tertiary/aromatic N) is 2. The van der Waals surface area contributed by atoms with E-state index < -0.39 is 9.84 Å². The van der Waals surface area contributed by atoms with Crippen LogP contribution >= 0.6 is 0 Å². The third kappa shape index (κ3) is 3.70. The lowest BCUT2D eigenvalue weighted by molar-refractivity contribution is -0.142. The van der Waals surface area contributed by atoms with Crippen LogP contribution in [0.1, 0.15) is 39.0 Å². The molecule has 3 aliphatic rings. The number of rotatable bonds is 4. The fourth-order valence-corrected chi connectivity index (χ4v) is 5.52. The van der Waals surface area contributed by atoms with E-state index in [-0.39, 0.29) is 41.2 Å². The first-order chi connectivity index (χ1) is 10.9. The maximum absolute atomic E-state index is 12.8. The highest BCUT2D eigenvalue weighted by Crippen LogP contribution is 2.33. The van der Waals surface area contributed by atoms with Crippen LogP contribution < -0.4 is 0 Å². The van der Waals surface area contributed by atoms with Gasteiger partial charge in [-0.25, -0.2) is 8.42 Å². The van der Waals surface area contributed by atoms with Crippen LogP contribution in [0.25, 0.3) is 0 Å². The number of likely N-dealkylation sites (tertiary alicyclic amines) is 1. The van der Waals surface area contributed by atoms with Crippen LogP contribution in [0, 0.1) is 11.8 Å². The van der Waals surface area contributed by atoms with Gasteiger partial charge in [-0.05, 0) is 39.0 Å². The highest BCUT2D eigenvalue weighted by Gasteiger charge is 2.39. The Kier molecular flexibility index (Phi) is 4.67. The van der Waals surface area contributed by atoms with Crippen molar-refractivity contribution in [1.29, 1.82) is 0 Å². The minimum atomic E-state index is -2.98. The van der Waals surface area contributed by atoms with E-state index in [0.717, 1.165) is 12.8 Å². The second-order valence-corrected chi connectivity index (χ2v) is 9.28. The topological polar surface area (TPSA) is 74.8 Å². The van der Waals surface area contributed by atoms with E-state index >= 15 is 0 Å². The lowest BCUT2D eigenvalue weighted by Gasteiger charge is -2.36. The number of hydrogen-bond acceptors (Lipinski definition) is 4. The predicted molar refractivity (Wildman–Crippen MR) is 86.5 cm³/mol. The van der Waals surface area contributed by atoms with Crippen LogP contribution in [0.5, 0.6) is 0 Å². The van der Waals surface area contributed by atoms with Gasteiger partial charge in [0.05, 0.1) is 11.5 Å². The molecular formula is C16H26N2O4S. The summed E-state index contributed by atoms with van der Waals surface area (Å²) in [5, 5.41) is 0. The molecule has 0 N–H and O–H groups in total. The summed E-state index contributed by atoms with van der Waals surface area (Å²) in [7, 11) is -2.98. The summed E-state index contributed by atoms with van der Waals surface area (Å²) in [6, 6.07) is -0.163. The van der Waals surface area contributed by atoms with E-state index in [1.807, 2.05) is 11.8 Å². The lowest BCUT2D eigenvalue weighted by Crippen LogP contribution is -2.48. The molecule has 6 nitrogen and oxygen atoms in total. The van der Waals surface area contributed by atoms with E-state index in [9.17, 15) is 18.0 Å². The van der Waals surface area contributed by atoms with Crippen LogP contribution in [0.15, 0.2) is 0 Å². The molecule has 1 unspecified atom stereocenters. The predicted octanol–water partition coefficient (Wildman–Crippen LogP) is 0.671. The zero-order valence-corrected chi connectivity index (χ0v) is 14.6. The Morgan fingerprint density at radius 2 is 1.70 bits per heavy atom. The number of carbonyl (C=O) groups excluding carboxylic acids is 2. The Labute approximate surface area is 138 Å². The van der Waals surface area contributed by atoms with Crippen molar-refractivity contribution in [3.8, 4) is 0 Å². The molecule has 2 amide bonds. The third-order valence-electron chi connectivity index (χ3n) is 5.36. The van der Waals surface area contributed by atoms with Crippen molar-refractivity contribution in [2.24, 2.45) is 11.8 Å². The molecule has 2 saturated heterocycles. The Morgan fingerprint density at radius 1 is 1.04 bits per heavy atom. The maximum atomic E-state index is 12.8. The second kappa shape index (κ2) is 6.42. The van der Waals surface area contributed by atoms with Crippen molar-refractivity contribution in [3.05, 3.63) is 0 Å². The molecule has 23 heavy (non-hydrogen) atoms. The smallest absolute Gasteiger partial charge is 0.226 e. The van der Waals surface area contributed by atoms with Gasteiger partial charge in [0.1, 0.15) is 0 Å². The first-order valence-electron chi connectivity index (χ1n) is 8.71. The molecule has 7 heteroatoms. The molecule has 1 saturated carbocycles. The minimum Gasteiger partial charge on any atom is -0.342 e. The van der Waals surface area contributed by atoms with Crippen molar-refractivity contribution in [3.63, 3.8) is 0 Å². The Balaban J connectivity index is 1.56. The molecule has 1 atom stereocenters. The fourth-order valence-electron chi connectivity index (χ4n) is 3.78. The standard InChI is InChI=1S/C16H26N2O4S/c1-2-18(14-7-10-23(21,22)11-14)16(20)13-5-8-17(9-6-13)15(19)12-3-4-12/h12-14H,2-11H2,1H3. The maximum Gasteiger partial charge on any atom is 0.226 e. The summed E-state index contributed by atoms with van der Waals surface area (Å²) < 4.78 is 23.3. The van der Waals surface area contributed by atoms with Gasteiger partial charge < -0.3 is 9.80 Å². The average Bonchev–Trinajstić information content (AvgIpc) is 3.32. The van der Waals surface area contributed by atoms with Crippen LogP contribution in [-0.2, 0) is 19.4 Å². The van der Waals surface area contributed by atoms with Crippen LogP contribution in [0.2, 0.25) is 0 Å². The van der Waals surface area contributed by atoms with E-state index in [4.69, 9.17) is 0 Å². The monoisotopic (exact) mass is 342 g/mol. The van der Waals surface area contributed by atoms with Crippen molar-refractivity contribution in [2.75, 3.05) is 31.1 Å². The lowest BCUT2D eigenvalue weighted by atomic mass is 9.94. The summed E-state index contributed by atoms with van der Waals surface area (Å²) in [6.07, 6.45) is 3.98. The molecule has 0 aromatic rings. The zero-order chi connectivity index (χ0) is 16.6. The summed E-state index contributed by atoms with van der Waals surface area (Å²) in [5.41, 5.74) is 0. The van der Waals surface area contributed by atoms with Gasteiger partial charge in [0.2, 0.25) is 11.8 Å². The van der Waals surface area contributed by atoms with Crippen LogP contribution in [0.3, 0.4) is 0 Å². The normalized spacial score (nSPS) is 27.9. The highest BCUT2D eigenvalue weighted by atomic mass is 32.2. The molecular weight excluding hydrogens is 316 g/mol. The molecule has 2 aliphatic heterocycles. The van der Waals surface area contributed by atoms with Gasteiger partial charge in [0.15, 0.2) is 9.84 Å². The van der Waals surface area contributed by atoms with Gasteiger partial charge in [-0.3, -0.25) is 9.59 Å². The Bertz CT molecular complexity index is 577. The van der Waals surface area contributed by atoms with Crippen LogP contribution in [-0.4, -0.2) is 67.2 Å². The largest absolute Gasteiger partial charge is 0.342 e. The summed E-state index contributed by atoms with van der Waals surface area (Å²) in [4.78, 5) is 28.5. The Hall–Kier alpha value is -1.11. The van der Waals surface area contributed by atoms with Gasteiger partial charge >= 0.3 is 0 Å². The van der Waals surface area contributed by atoms with E-state index in [1.54, 1.807) is 4.90 Å². The molecule has 130 valence electrons. The van der Waals surface area contributed by atoms with E-state index in [1.165, 1.54) is 0 Å². The van der Waals surface area contributed by atoms with Crippen molar-refractivity contribution in [1.82, 2.24) is 9.80 Å². The number of amides is 2. The molecule has 0 aromatic heterocycles. The zero-order valence-electron chi connectivity index (χ0n) is 13.7. The molecule has 0 spiro atoms. The van der Waals surface area contributed by atoms with Gasteiger partial charge in [-0.15, -0.1) is 0 Å². The molecule has 0 bridgehead atoms. The van der Waals surface area contributed by atoms with Crippen LogP contribution in [0.4, 0.5) is 0 Å². The number of carbonyl (C=O) groups is 2. The minimum absolute atomic E-state index is 0.0680. The molecule has 3 fully saturated rings. The summed E-state index contributed by atoms with van der Waals surface area (Å²) in [6.45, 7) is 3.79. The van der Waals surface area contributed by atoms with E-state index in [2.05, 4.69) is 0 Å². The first-order valence-corrected chi connectivity index (χ1v) is 10.5. The summed E-state index contributed by atoms with van der Waals surface area (Å²) >= 11 is 0. The van der Waals surface area contributed by atoms with Gasteiger partial charge in [-0.1, -0.05) is 0 Å². The molecule has 3 rings (SSSR count). The summed E-state index contributed by atoms with van der Waals surface area (Å²) in [5.74, 6) is 0.791. The number of piperidine rings is 1. The number of hydrogen-bond donors (Lipinski definition) is 0. The second-order valence-electron chi connectivity index (χ2n) is 7.05. The molecule has 0 radical (unpaired) electrons. The third-order valence-corrected chi connectivity index (χ3v) is 7.11. The van der Waals surface area contributed by atoms with Crippen molar-refractivity contribution < 1.29 is 18.0 Å².